The van der Waals surface area contributed by atoms with Crippen molar-refractivity contribution in [1.82, 2.24) is 9.36 Å². The maximum atomic E-state index is 9.45. The number of nitrogens with one attached hydrogen (secondary N) is 1. The molecule has 4 nitrogen and oxygen atoms in total. The fourth-order valence-electron chi connectivity index (χ4n) is 2.27. The lowest BCUT2D eigenvalue weighted by Gasteiger charge is -2.29. The third-order valence-electron chi connectivity index (χ3n) is 3.53. The van der Waals surface area contributed by atoms with E-state index < -0.39 is 0 Å². The van der Waals surface area contributed by atoms with Crippen molar-refractivity contribution in [2.24, 2.45) is 5.41 Å². The molecule has 0 unspecified atom stereocenters. The van der Waals surface area contributed by atoms with Crippen LogP contribution in [0.3, 0.4) is 0 Å². The van der Waals surface area contributed by atoms with Crippen LogP contribution in [0.1, 0.15) is 38.9 Å². The summed E-state index contributed by atoms with van der Waals surface area (Å²) < 4.78 is 4.26. The molecule has 0 radical (unpaired) electrons. The highest BCUT2D eigenvalue weighted by atomic mass is 32.1. The average Bonchev–Trinajstić information content (AvgIpc) is 2.88. The molecule has 5 heteroatoms. The van der Waals surface area contributed by atoms with E-state index in [9.17, 15) is 5.11 Å². The summed E-state index contributed by atoms with van der Waals surface area (Å²) in [4.78, 5) is 4.41. The zero-order chi connectivity index (χ0) is 11.6. The Balaban J connectivity index is 2.03. The topological polar surface area (TPSA) is 58.0 Å². The van der Waals surface area contributed by atoms with E-state index in [1.54, 1.807) is 0 Å². The normalized spacial score (nSPS) is 29.6. The summed E-state index contributed by atoms with van der Waals surface area (Å²) >= 11 is 1.42. The van der Waals surface area contributed by atoms with Crippen molar-refractivity contribution in [2.75, 3.05) is 11.9 Å². The fourth-order valence-corrected chi connectivity index (χ4v) is 2.98. The minimum absolute atomic E-state index is 0.00194. The van der Waals surface area contributed by atoms with Crippen molar-refractivity contribution in [1.29, 1.82) is 0 Å². The molecule has 0 amide bonds. The van der Waals surface area contributed by atoms with Gasteiger partial charge < -0.3 is 10.4 Å². The molecule has 1 aliphatic rings. The van der Waals surface area contributed by atoms with Crippen LogP contribution in [0.2, 0.25) is 0 Å². The zero-order valence-electron chi connectivity index (χ0n) is 9.86. The van der Waals surface area contributed by atoms with Gasteiger partial charge in [0.25, 0.3) is 0 Å². The largest absolute Gasteiger partial charge is 0.396 e. The second kappa shape index (κ2) is 4.67. The number of aromatic nitrogens is 2. The minimum Gasteiger partial charge on any atom is -0.396 e. The van der Waals surface area contributed by atoms with Gasteiger partial charge in [-0.05, 0) is 12.8 Å². The Morgan fingerprint density at radius 3 is 3.06 bits per heavy atom. The first-order valence-electron chi connectivity index (χ1n) is 5.88. The van der Waals surface area contributed by atoms with E-state index in [2.05, 4.69) is 28.5 Å². The summed E-state index contributed by atoms with van der Waals surface area (Å²) in [6, 6.07) is 0.329. The number of aliphatic hydroxyl groups is 1. The molecule has 0 aromatic carbocycles. The second-order valence-corrected chi connectivity index (χ2v) is 5.52. The molecule has 0 aliphatic heterocycles. The molecule has 0 spiro atoms. The molecular formula is C11H19N3OS. The predicted molar refractivity (Wildman–Crippen MR) is 65.7 cm³/mol. The number of hydrogen-bond acceptors (Lipinski definition) is 5. The van der Waals surface area contributed by atoms with E-state index in [1.165, 1.54) is 18.0 Å². The van der Waals surface area contributed by atoms with E-state index in [1.807, 2.05) is 0 Å². The van der Waals surface area contributed by atoms with Gasteiger partial charge in [-0.25, -0.2) is 4.98 Å². The quantitative estimate of drug-likeness (QED) is 0.847. The van der Waals surface area contributed by atoms with Crippen LogP contribution in [0, 0.1) is 5.41 Å². The molecule has 1 aromatic rings. The number of anilines is 1. The Hall–Kier alpha value is -0.680. The van der Waals surface area contributed by atoms with Gasteiger partial charge in [0.15, 0.2) is 0 Å². The molecule has 2 atom stereocenters. The van der Waals surface area contributed by atoms with Gasteiger partial charge in [-0.1, -0.05) is 20.3 Å². The summed E-state index contributed by atoms with van der Waals surface area (Å²) in [7, 11) is 0. The molecule has 0 saturated heterocycles. The summed E-state index contributed by atoms with van der Waals surface area (Å²) in [5, 5.41) is 13.8. The molecule has 2 N–H and O–H groups in total. The Morgan fingerprint density at radius 1 is 1.62 bits per heavy atom. The van der Waals surface area contributed by atoms with Crippen LogP contribution < -0.4 is 5.32 Å². The van der Waals surface area contributed by atoms with E-state index >= 15 is 0 Å². The van der Waals surface area contributed by atoms with Crippen LogP contribution in [0.25, 0.3) is 0 Å². The molecule has 90 valence electrons. The summed E-state index contributed by atoms with van der Waals surface area (Å²) in [6.07, 6.45) is 4.24. The van der Waals surface area contributed by atoms with Crippen molar-refractivity contribution in [3.05, 3.63) is 5.82 Å². The third-order valence-corrected chi connectivity index (χ3v) is 4.21. The first kappa shape index (κ1) is 11.8. The van der Waals surface area contributed by atoms with Gasteiger partial charge in [0.1, 0.15) is 5.82 Å². The van der Waals surface area contributed by atoms with Crippen LogP contribution in [-0.2, 0) is 6.42 Å². The lowest BCUT2D eigenvalue weighted by Crippen LogP contribution is -2.36. The standard InChI is InChI=1S/C11H19N3OS/c1-3-9-13-10(16-14-9)12-8-5-4-6-11(8,2)7-15/h8,15H,3-7H2,1-2H3,(H,12,13,14)/t8-,11+/m0/s1. The molecule has 0 bridgehead atoms. The van der Waals surface area contributed by atoms with Gasteiger partial charge in [0.2, 0.25) is 5.13 Å². The van der Waals surface area contributed by atoms with Crippen molar-refractivity contribution >= 4 is 16.7 Å². The summed E-state index contributed by atoms with van der Waals surface area (Å²) in [5.41, 5.74) is -0.00194. The van der Waals surface area contributed by atoms with Gasteiger partial charge in [-0.15, -0.1) is 0 Å². The van der Waals surface area contributed by atoms with Gasteiger partial charge in [-0.2, -0.15) is 4.37 Å². The second-order valence-electron chi connectivity index (χ2n) is 4.77. The van der Waals surface area contributed by atoms with Crippen LogP contribution in [0.4, 0.5) is 5.13 Å². The lowest BCUT2D eigenvalue weighted by molar-refractivity contribution is 0.139. The number of nitrogens with zero attached hydrogens (tertiary/aromatic N) is 2. The van der Waals surface area contributed by atoms with Gasteiger partial charge in [0.05, 0.1) is 6.61 Å². The first-order chi connectivity index (χ1) is 7.68. The fraction of sp³-hybridized carbons (Fsp3) is 0.818. The van der Waals surface area contributed by atoms with E-state index in [0.717, 1.165) is 30.2 Å². The molecule has 16 heavy (non-hydrogen) atoms. The van der Waals surface area contributed by atoms with Crippen LogP contribution in [0.5, 0.6) is 0 Å². The first-order valence-corrected chi connectivity index (χ1v) is 6.65. The number of rotatable bonds is 4. The molecule has 1 saturated carbocycles. The van der Waals surface area contributed by atoms with E-state index in [0.29, 0.717) is 6.04 Å². The smallest absolute Gasteiger partial charge is 0.202 e. The SMILES string of the molecule is CCc1nsc(N[C@H]2CCC[C@]2(C)CO)n1. The molecule has 1 aromatic heterocycles. The maximum absolute atomic E-state index is 9.45. The average molecular weight is 241 g/mol. The third kappa shape index (κ3) is 2.20. The van der Waals surface area contributed by atoms with Crippen molar-refractivity contribution in [2.45, 2.75) is 45.6 Å². The zero-order valence-corrected chi connectivity index (χ0v) is 10.7. The highest BCUT2D eigenvalue weighted by Gasteiger charge is 2.38. The Kier molecular flexibility index (Phi) is 3.44. The van der Waals surface area contributed by atoms with Crippen LogP contribution in [-0.4, -0.2) is 27.1 Å². The number of aryl methyl sites for hydroxylation is 1. The van der Waals surface area contributed by atoms with Crippen molar-refractivity contribution in [3.63, 3.8) is 0 Å². The maximum Gasteiger partial charge on any atom is 0.202 e. The number of aliphatic hydroxyl groups excluding tert-OH is 1. The van der Waals surface area contributed by atoms with Crippen LogP contribution in [0.15, 0.2) is 0 Å². The highest BCUT2D eigenvalue weighted by Crippen LogP contribution is 2.39. The van der Waals surface area contributed by atoms with Gasteiger partial charge >= 0.3 is 0 Å². The Labute approximate surface area is 100 Å². The molecule has 1 aliphatic carbocycles. The monoisotopic (exact) mass is 241 g/mol. The van der Waals surface area contributed by atoms with Gasteiger partial charge in [0, 0.05) is 29.4 Å². The Bertz CT molecular complexity index is 355. The van der Waals surface area contributed by atoms with Crippen LogP contribution >= 0.6 is 11.5 Å². The van der Waals surface area contributed by atoms with Crippen molar-refractivity contribution < 1.29 is 5.11 Å². The molecular weight excluding hydrogens is 222 g/mol. The van der Waals surface area contributed by atoms with E-state index in [4.69, 9.17) is 0 Å². The van der Waals surface area contributed by atoms with E-state index in [-0.39, 0.29) is 12.0 Å². The minimum atomic E-state index is -0.00194. The number of hydrogen-bond donors (Lipinski definition) is 2. The molecule has 1 fully saturated rings. The van der Waals surface area contributed by atoms with Gasteiger partial charge in [-0.3, -0.25) is 0 Å². The predicted octanol–water partition coefficient (Wildman–Crippen LogP) is 2.06. The summed E-state index contributed by atoms with van der Waals surface area (Å²) in [6.45, 7) is 4.43. The molecule has 1 heterocycles. The summed E-state index contributed by atoms with van der Waals surface area (Å²) in [5.74, 6) is 0.899. The van der Waals surface area contributed by atoms with Crippen molar-refractivity contribution in [3.8, 4) is 0 Å². The highest BCUT2D eigenvalue weighted by molar-refractivity contribution is 7.09. The molecule has 2 rings (SSSR count). The lowest BCUT2D eigenvalue weighted by atomic mass is 9.86. The Morgan fingerprint density at radius 2 is 2.44 bits per heavy atom.